The minimum absolute atomic E-state index is 0.0923. The Kier molecular flexibility index (Phi) is 3.53. The predicted octanol–water partition coefficient (Wildman–Crippen LogP) is 2.93. The number of hydrogen-bond donors (Lipinski definition) is 1. The molecule has 1 N–H and O–H groups in total. The Morgan fingerprint density at radius 2 is 1.79 bits per heavy atom. The molecule has 2 bridgehead atoms. The Hall–Kier alpha value is -2.93. The molecule has 6 rings (SSSR count). The van der Waals surface area contributed by atoms with Crippen molar-refractivity contribution in [1.82, 2.24) is 14.8 Å². The van der Waals surface area contributed by atoms with E-state index in [0.717, 1.165) is 13.1 Å². The summed E-state index contributed by atoms with van der Waals surface area (Å²) < 4.78 is 0. The van der Waals surface area contributed by atoms with E-state index < -0.39 is 0 Å². The van der Waals surface area contributed by atoms with Crippen LogP contribution in [-0.2, 0) is 0 Å². The van der Waals surface area contributed by atoms with Gasteiger partial charge in [0.05, 0.1) is 16.9 Å². The third kappa shape index (κ3) is 2.31. The second-order valence-electron chi connectivity index (χ2n) is 8.57. The molecule has 4 atom stereocenters. The Labute approximate surface area is 169 Å². The molecule has 3 fully saturated rings. The lowest BCUT2D eigenvalue weighted by molar-refractivity contribution is 0.102. The molecule has 3 amide bonds. The molecule has 0 radical (unpaired) electrons. The van der Waals surface area contributed by atoms with Crippen molar-refractivity contribution >= 4 is 29.1 Å². The summed E-state index contributed by atoms with van der Waals surface area (Å²) in [6, 6.07) is 11.9. The van der Waals surface area contributed by atoms with Gasteiger partial charge in [-0.25, -0.2) is 14.7 Å². The monoisotopic (exact) mass is 389 g/mol. The molecule has 0 saturated carbocycles. The average molecular weight is 389 g/mol. The number of hydrogen-bond acceptors (Lipinski definition) is 4. The van der Waals surface area contributed by atoms with Gasteiger partial charge < -0.3 is 10.2 Å². The number of benzene rings is 1. The van der Waals surface area contributed by atoms with Crippen molar-refractivity contribution in [3.05, 3.63) is 48.2 Å². The smallest absolute Gasteiger partial charge is 0.323 e. The van der Waals surface area contributed by atoms with Crippen molar-refractivity contribution in [1.29, 1.82) is 0 Å². The molecule has 2 aromatic rings. The van der Waals surface area contributed by atoms with E-state index in [1.807, 2.05) is 23.1 Å². The van der Waals surface area contributed by atoms with Crippen molar-refractivity contribution in [2.24, 2.45) is 11.8 Å². The lowest BCUT2D eigenvalue weighted by Crippen LogP contribution is -2.42. The van der Waals surface area contributed by atoms with Gasteiger partial charge >= 0.3 is 6.03 Å². The summed E-state index contributed by atoms with van der Waals surface area (Å²) in [5.74, 6) is 1.36. The van der Waals surface area contributed by atoms with Crippen molar-refractivity contribution in [3.63, 3.8) is 0 Å². The van der Waals surface area contributed by atoms with Gasteiger partial charge in [-0.15, -0.1) is 0 Å². The fraction of sp³-hybridized carbons (Fsp3) is 0.409. The van der Waals surface area contributed by atoms with Crippen LogP contribution in [0.2, 0.25) is 0 Å². The summed E-state index contributed by atoms with van der Waals surface area (Å²) in [5.41, 5.74) is 1.63. The van der Waals surface area contributed by atoms with Crippen LogP contribution in [0, 0.1) is 11.8 Å². The number of carbonyl (C=O) groups is 2. The normalized spacial score (nSPS) is 29.9. The number of carbonyl (C=O) groups excluding carboxylic acids is 2. The maximum atomic E-state index is 13.8. The molecule has 4 aliphatic heterocycles. The molecule has 4 unspecified atom stereocenters. The van der Waals surface area contributed by atoms with Gasteiger partial charge in [-0.1, -0.05) is 12.1 Å². The molecule has 4 aliphatic rings. The molecule has 0 spiro atoms. The number of nitrogens with one attached hydrogen (secondary N) is 1. The Bertz CT molecular complexity index is 1000. The van der Waals surface area contributed by atoms with Crippen molar-refractivity contribution in [2.75, 3.05) is 30.4 Å². The van der Waals surface area contributed by atoms with E-state index in [9.17, 15) is 9.59 Å². The van der Waals surface area contributed by atoms with E-state index in [-0.39, 0.29) is 11.9 Å². The molecule has 3 saturated heterocycles. The molecule has 5 heterocycles. The first-order chi connectivity index (χ1) is 14.1. The molecule has 7 heteroatoms. The minimum Gasteiger partial charge on any atom is -0.323 e. The first-order valence-electron chi connectivity index (χ1n) is 10.3. The molecule has 29 heavy (non-hydrogen) atoms. The number of pyridine rings is 1. The highest BCUT2D eigenvalue weighted by atomic mass is 16.2. The topological polar surface area (TPSA) is 68.8 Å². The van der Waals surface area contributed by atoms with Crippen LogP contribution in [0.5, 0.6) is 0 Å². The van der Waals surface area contributed by atoms with Gasteiger partial charge in [0.15, 0.2) is 5.82 Å². The Morgan fingerprint density at radius 1 is 1.07 bits per heavy atom. The van der Waals surface area contributed by atoms with Crippen LogP contribution in [0.4, 0.5) is 22.0 Å². The number of nitrogens with zero attached hydrogens (tertiary/aromatic N) is 4. The van der Waals surface area contributed by atoms with Crippen LogP contribution in [0.15, 0.2) is 42.6 Å². The van der Waals surface area contributed by atoms with Crippen LogP contribution in [-0.4, -0.2) is 58.9 Å². The maximum absolute atomic E-state index is 13.8. The second kappa shape index (κ2) is 6.03. The van der Waals surface area contributed by atoms with Crippen molar-refractivity contribution in [3.8, 4) is 0 Å². The average Bonchev–Trinajstić information content (AvgIpc) is 3.37. The summed E-state index contributed by atoms with van der Waals surface area (Å²) in [6.45, 7) is 1.55. The van der Waals surface area contributed by atoms with E-state index in [1.165, 1.54) is 12.8 Å². The fourth-order valence-corrected chi connectivity index (χ4v) is 6.02. The van der Waals surface area contributed by atoms with Gasteiger partial charge in [-0.05, 0) is 56.0 Å². The second-order valence-corrected chi connectivity index (χ2v) is 8.57. The standard InChI is InChI=1S/C22H23N5O2/c1-25-17-8-9-18(25)15-12-26(11-14(15)17)22(29)27-19-7-3-2-5-13(19)21(28)24-16-6-4-10-23-20(16)27/h2-7,10,14-15,17-18H,8-9,11-12H2,1H3,(H,24,28). The number of urea groups is 1. The van der Waals surface area contributed by atoms with Gasteiger partial charge in [0.2, 0.25) is 0 Å². The summed E-state index contributed by atoms with van der Waals surface area (Å²) in [6.07, 6.45) is 4.13. The number of likely N-dealkylation sites (tertiary alicyclic amines) is 1. The van der Waals surface area contributed by atoms with E-state index in [4.69, 9.17) is 0 Å². The predicted molar refractivity (Wildman–Crippen MR) is 109 cm³/mol. The van der Waals surface area contributed by atoms with Crippen molar-refractivity contribution in [2.45, 2.75) is 24.9 Å². The van der Waals surface area contributed by atoms with E-state index in [0.29, 0.717) is 46.7 Å². The minimum atomic E-state index is -0.219. The number of anilines is 3. The number of rotatable bonds is 0. The van der Waals surface area contributed by atoms with E-state index in [2.05, 4.69) is 22.2 Å². The zero-order valence-electron chi connectivity index (χ0n) is 16.3. The van der Waals surface area contributed by atoms with Crippen LogP contribution < -0.4 is 10.2 Å². The molecule has 148 valence electrons. The highest BCUT2D eigenvalue weighted by Crippen LogP contribution is 2.49. The van der Waals surface area contributed by atoms with Crippen molar-refractivity contribution < 1.29 is 9.59 Å². The SMILES string of the molecule is CN1C2CCC1C1CN(C(=O)N3c4ccccc4C(=O)Nc4cccnc43)CC12. The summed E-state index contributed by atoms with van der Waals surface area (Å²) in [5, 5.41) is 2.90. The quantitative estimate of drug-likeness (QED) is 0.752. The highest BCUT2D eigenvalue weighted by Gasteiger charge is 2.56. The van der Waals surface area contributed by atoms with Crippen LogP contribution >= 0.6 is 0 Å². The number of aromatic nitrogens is 1. The van der Waals surface area contributed by atoms with Crippen LogP contribution in [0.1, 0.15) is 23.2 Å². The molecular formula is C22H23N5O2. The molecule has 1 aromatic heterocycles. The molecule has 1 aromatic carbocycles. The fourth-order valence-electron chi connectivity index (χ4n) is 6.02. The Morgan fingerprint density at radius 3 is 2.55 bits per heavy atom. The van der Waals surface area contributed by atoms with E-state index in [1.54, 1.807) is 29.3 Å². The number of amides is 3. The molecule has 7 nitrogen and oxygen atoms in total. The lowest BCUT2D eigenvalue weighted by atomic mass is 9.82. The van der Waals surface area contributed by atoms with E-state index >= 15 is 0 Å². The first-order valence-corrected chi connectivity index (χ1v) is 10.3. The van der Waals surface area contributed by atoms with Gasteiger partial charge in [0.1, 0.15) is 0 Å². The lowest BCUT2D eigenvalue weighted by Gasteiger charge is -2.29. The van der Waals surface area contributed by atoms with Gasteiger partial charge in [-0.2, -0.15) is 0 Å². The summed E-state index contributed by atoms with van der Waals surface area (Å²) in [7, 11) is 2.23. The third-order valence-corrected chi connectivity index (χ3v) is 7.30. The summed E-state index contributed by atoms with van der Waals surface area (Å²) in [4.78, 5) is 37.1. The molecular weight excluding hydrogens is 366 g/mol. The maximum Gasteiger partial charge on any atom is 0.330 e. The zero-order chi connectivity index (χ0) is 19.7. The highest BCUT2D eigenvalue weighted by molar-refractivity contribution is 6.16. The van der Waals surface area contributed by atoms with Gasteiger partial charge in [0, 0.05) is 31.4 Å². The van der Waals surface area contributed by atoms with Crippen LogP contribution in [0.3, 0.4) is 0 Å². The third-order valence-electron chi connectivity index (χ3n) is 7.30. The summed E-state index contributed by atoms with van der Waals surface area (Å²) >= 11 is 0. The zero-order valence-corrected chi connectivity index (χ0v) is 16.3. The van der Waals surface area contributed by atoms with Crippen LogP contribution in [0.25, 0.3) is 0 Å². The Balaban J connectivity index is 1.40. The largest absolute Gasteiger partial charge is 0.330 e. The van der Waals surface area contributed by atoms with Gasteiger partial charge in [-0.3, -0.25) is 9.69 Å². The van der Waals surface area contributed by atoms with Gasteiger partial charge in [0.25, 0.3) is 5.91 Å². The molecule has 0 aliphatic carbocycles. The number of fused-ring (bicyclic) bond motifs is 7. The number of para-hydroxylation sites is 1. The first kappa shape index (κ1) is 17.0.